The Morgan fingerprint density at radius 2 is 1.80 bits per heavy atom. The smallest absolute Gasteiger partial charge is 0.0121 e. The van der Waals surface area contributed by atoms with Gasteiger partial charge in [-0.05, 0) is 31.1 Å². The predicted molar refractivity (Wildman–Crippen MR) is 68.2 cm³/mol. The van der Waals surface area contributed by atoms with E-state index in [2.05, 4.69) is 33.0 Å². The molecule has 0 spiro atoms. The largest absolute Gasteiger partial charge is 0.311 e. The molecule has 1 rings (SSSR count). The molecule has 1 N–H and O–H groups in total. The molecular formula is C14H29N. The highest BCUT2D eigenvalue weighted by atomic mass is 15.0. The summed E-state index contributed by atoms with van der Waals surface area (Å²) in [5.41, 5.74) is 0.528. The quantitative estimate of drug-likeness (QED) is 0.697. The van der Waals surface area contributed by atoms with Gasteiger partial charge in [0, 0.05) is 12.1 Å². The van der Waals surface area contributed by atoms with Crippen LogP contribution in [-0.4, -0.2) is 12.1 Å². The molecule has 0 aromatic heterocycles. The van der Waals surface area contributed by atoms with Crippen molar-refractivity contribution in [2.45, 2.75) is 84.7 Å². The van der Waals surface area contributed by atoms with Crippen LogP contribution in [-0.2, 0) is 0 Å². The van der Waals surface area contributed by atoms with Crippen molar-refractivity contribution in [3.05, 3.63) is 0 Å². The molecule has 0 saturated heterocycles. The molecule has 1 saturated carbocycles. The van der Waals surface area contributed by atoms with E-state index in [4.69, 9.17) is 0 Å². The van der Waals surface area contributed by atoms with Gasteiger partial charge in [0.05, 0.1) is 0 Å². The van der Waals surface area contributed by atoms with Gasteiger partial charge in [-0.15, -0.1) is 0 Å². The lowest BCUT2D eigenvalue weighted by Gasteiger charge is -2.32. The SMILES string of the molecule is CCCC(CCC)NC1CCCC1(C)C. The summed E-state index contributed by atoms with van der Waals surface area (Å²) in [6.45, 7) is 9.44. The standard InChI is InChI=1S/C14H29N/c1-5-8-12(9-6-2)15-13-10-7-11-14(13,3)4/h12-13,15H,5-11H2,1-4H3. The van der Waals surface area contributed by atoms with Crippen LogP contribution in [0.5, 0.6) is 0 Å². The average molecular weight is 211 g/mol. The molecule has 15 heavy (non-hydrogen) atoms. The molecule has 0 aromatic rings. The van der Waals surface area contributed by atoms with E-state index in [1.54, 1.807) is 0 Å². The maximum absolute atomic E-state index is 3.91. The number of hydrogen-bond donors (Lipinski definition) is 1. The molecule has 0 radical (unpaired) electrons. The van der Waals surface area contributed by atoms with Crippen molar-refractivity contribution in [1.29, 1.82) is 0 Å². The van der Waals surface area contributed by atoms with Gasteiger partial charge in [0.1, 0.15) is 0 Å². The van der Waals surface area contributed by atoms with Gasteiger partial charge in [-0.1, -0.05) is 47.0 Å². The molecule has 0 aromatic carbocycles. The van der Waals surface area contributed by atoms with Crippen LogP contribution in [0, 0.1) is 5.41 Å². The van der Waals surface area contributed by atoms with Gasteiger partial charge >= 0.3 is 0 Å². The minimum Gasteiger partial charge on any atom is -0.311 e. The molecule has 1 aliphatic rings. The first-order chi connectivity index (χ1) is 7.10. The van der Waals surface area contributed by atoms with E-state index in [-0.39, 0.29) is 0 Å². The molecule has 0 aliphatic heterocycles. The van der Waals surface area contributed by atoms with Gasteiger partial charge in [-0.25, -0.2) is 0 Å². The fraction of sp³-hybridized carbons (Fsp3) is 1.00. The van der Waals surface area contributed by atoms with E-state index in [1.165, 1.54) is 44.9 Å². The highest BCUT2D eigenvalue weighted by Gasteiger charge is 2.34. The van der Waals surface area contributed by atoms with Crippen LogP contribution < -0.4 is 5.32 Å². The van der Waals surface area contributed by atoms with Gasteiger partial charge in [0.25, 0.3) is 0 Å². The number of hydrogen-bond acceptors (Lipinski definition) is 1. The van der Waals surface area contributed by atoms with Crippen LogP contribution in [0.4, 0.5) is 0 Å². The molecule has 1 heteroatoms. The molecule has 90 valence electrons. The van der Waals surface area contributed by atoms with Gasteiger partial charge in [-0.2, -0.15) is 0 Å². The number of rotatable bonds is 6. The highest BCUT2D eigenvalue weighted by Crippen LogP contribution is 2.37. The van der Waals surface area contributed by atoms with Gasteiger partial charge in [0.2, 0.25) is 0 Å². The van der Waals surface area contributed by atoms with E-state index in [9.17, 15) is 0 Å². The zero-order valence-corrected chi connectivity index (χ0v) is 11.1. The minimum atomic E-state index is 0.528. The summed E-state index contributed by atoms with van der Waals surface area (Å²) in [6.07, 6.45) is 9.51. The first-order valence-electron chi connectivity index (χ1n) is 6.86. The summed E-state index contributed by atoms with van der Waals surface area (Å²) in [6, 6.07) is 1.53. The third kappa shape index (κ3) is 3.79. The van der Waals surface area contributed by atoms with Crippen molar-refractivity contribution in [3.8, 4) is 0 Å². The van der Waals surface area contributed by atoms with E-state index in [1.807, 2.05) is 0 Å². The van der Waals surface area contributed by atoms with Crippen molar-refractivity contribution in [3.63, 3.8) is 0 Å². The van der Waals surface area contributed by atoms with Crippen LogP contribution in [0.25, 0.3) is 0 Å². The van der Waals surface area contributed by atoms with Crippen LogP contribution >= 0.6 is 0 Å². The Balaban J connectivity index is 2.42. The maximum atomic E-state index is 3.91. The zero-order valence-electron chi connectivity index (χ0n) is 11.1. The third-order valence-electron chi connectivity index (χ3n) is 3.97. The van der Waals surface area contributed by atoms with Crippen molar-refractivity contribution >= 4 is 0 Å². The van der Waals surface area contributed by atoms with E-state index >= 15 is 0 Å². The Morgan fingerprint density at radius 3 is 2.20 bits per heavy atom. The summed E-state index contributed by atoms with van der Waals surface area (Å²) in [4.78, 5) is 0. The van der Waals surface area contributed by atoms with Crippen molar-refractivity contribution in [2.75, 3.05) is 0 Å². The highest BCUT2D eigenvalue weighted by molar-refractivity contribution is 4.91. The van der Waals surface area contributed by atoms with Gasteiger partial charge < -0.3 is 5.32 Å². The summed E-state index contributed by atoms with van der Waals surface area (Å²) in [5, 5.41) is 3.91. The molecule has 1 aliphatic carbocycles. The summed E-state index contributed by atoms with van der Waals surface area (Å²) in [5.74, 6) is 0. The normalized spacial score (nSPS) is 25.0. The molecular weight excluding hydrogens is 182 g/mol. The average Bonchev–Trinajstić information content (AvgIpc) is 2.47. The molecule has 0 amide bonds. The summed E-state index contributed by atoms with van der Waals surface area (Å²) in [7, 11) is 0. The summed E-state index contributed by atoms with van der Waals surface area (Å²) < 4.78 is 0. The fourth-order valence-corrected chi connectivity index (χ4v) is 2.93. The Hall–Kier alpha value is -0.0400. The second-order valence-electron chi connectivity index (χ2n) is 5.87. The first kappa shape index (κ1) is 13.0. The molecule has 1 unspecified atom stereocenters. The second-order valence-corrected chi connectivity index (χ2v) is 5.87. The third-order valence-corrected chi connectivity index (χ3v) is 3.97. The van der Waals surface area contributed by atoms with Gasteiger partial charge in [-0.3, -0.25) is 0 Å². The minimum absolute atomic E-state index is 0.528. The Labute approximate surface area is 96.0 Å². The van der Waals surface area contributed by atoms with E-state index < -0.39 is 0 Å². The topological polar surface area (TPSA) is 12.0 Å². The van der Waals surface area contributed by atoms with Crippen LogP contribution in [0.1, 0.15) is 72.6 Å². The van der Waals surface area contributed by atoms with Crippen molar-refractivity contribution < 1.29 is 0 Å². The number of nitrogens with one attached hydrogen (secondary N) is 1. The van der Waals surface area contributed by atoms with Crippen molar-refractivity contribution in [1.82, 2.24) is 5.32 Å². The Kier molecular flexibility index (Phi) is 5.11. The van der Waals surface area contributed by atoms with Crippen molar-refractivity contribution in [2.24, 2.45) is 5.41 Å². The van der Waals surface area contributed by atoms with Crippen LogP contribution in [0.15, 0.2) is 0 Å². The molecule has 1 atom stereocenters. The summed E-state index contributed by atoms with van der Waals surface area (Å²) >= 11 is 0. The van der Waals surface area contributed by atoms with E-state index in [0.717, 1.165) is 12.1 Å². The monoisotopic (exact) mass is 211 g/mol. The maximum Gasteiger partial charge on any atom is 0.0121 e. The molecule has 1 nitrogen and oxygen atoms in total. The fourth-order valence-electron chi connectivity index (χ4n) is 2.93. The van der Waals surface area contributed by atoms with E-state index in [0.29, 0.717) is 5.41 Å². The predicted octanol–water partition coefficient (Wildman–Crippen LogP) is 4.12. The zero-order chi connectivity index (χ0) is 11.3. The first-order valence-corrected chi connectivity index (χ1v) is 6.86. The molecule has 0 bridgehead atoms. The lowest BCUT2D eigenvalue weighted by atomic mass is 9.86. The second kappa shape index (κ2) is 5.89. The lowest BCUT2D eigenvalue weighted by molar-refractivity contribution is 0.250. The molecule has 0 heterocycles. The Morgan fingerprint density at radius 1 is 1.20 bits per heavy atom. The Bertz CT molecular complexity index is 168. The van der Waals surface area contributed by atoms with Crippen LogP contribution in [0.2, 0.25) is 0 Å². The molecule has 1 fully saturated rings. The van der Waals surface area contributed by atoms with Crippen LogP contribution in [0.3, 0.4) is 0 Å². The lowest BCUT2D eigenvalue weighted by Crippen LogP contribution is -2.43. The van der Waals surface area contributed by atoms with Gasteiger partial charge in [0.15, 0.2) is 0 Å².